The van der Waals surface area contributed by atoms with E-state index in [0.29, 0.717) is 12.0 Å². The molecule has 0 unspecified atom stereocenters. The highest BCUT2D eigenvalue weighted by molar-refractivity contribution is 5.68. The number of pyridine rings is 2. The fourth-order valence-corrected chi connectivity index (χ4v) is 4.90. The molecule has 37 heavy (non-hydrogen) atoms. The maximum atomic E-state index is 15.2. The van der Waals surface area contributed by atoms with Crippen LogP contribution < -0.4 is 14.8 Å². The monoisotopic (exact) mass is 500 g/mol. The van der Waals surface area contributed by atoms with E-state index in [1.54, 1.807) is 12.3 Å². The zero-order chi connectivity index (χ0) is 26.5. The Kier molecular flexibility index (Phi) is 8.27. The number of hydrogen-bond acceptors (Lipinski definition) is 4. The van der Waals surface area contributed by atoms with Gasteiger partial charge >= 0.3 is 0 Å². The Morgan fingerprint density at radius 3 is 2.46 bits per heavy atom. The lowest BCUT2D eigenvalue weighted by Gasteiger charge is -2.37. The summed E-state index contributed by atoms with van der Waals surface area (Å²) >= 11 is 0. The average Bonchev–Trinajstić information content (AvgIpc) is 2.90. The summed E-state index contributed by atoms with van der Waals surface area (Å²) in [6.07, 6.45) is 8.63. The summed E-state index contributed by atoms with van der Waals surface area (Å²) in [5, 5.41) is 3.52. The summed E-state index contributed by atoms with van der Waals surface area (Å²) < 4.78 is 17.3. The summed E-state index contributed by atoms with van der Waals surface area (Å²) in [5.41, 5.74) is 8.08. The maximum Gasteiger partial charge on any atom is 0.279 e. The third kappa shape index (κ3) is 6.19. The average molecular weight is 501 g/mol. The lowest BCUT2D eigenvalue weighted by Crippen LogP contribution is -2.46. The van der Waals surface area contributed by atoms with Crippen molar-refractivity contribution in [1.82, 2.24) is 9.88 Å². The number of piperazine rings is 1. The van der Waals surface area contributed by atoms with Crippen molar-refractivity contribution in [2.75, 3.05) is 36.4 Å². The number of allylic oxidation sites excluding steroid dienone is 4. The highest BCUT2D eigenvalue weighted by Gasteiger charge is 2.20. The van der Waals surface area contributed by atoms with Gasteiger partial charge in [-0.1, -0.05) is 12.1 Å². The van der Waals surface area contributed by atoms with E-state index in [1.165, 1.54) is 11.4 Å². The fraction of sp³-hybridized carbons (Fsp3) is 0.355. The van der Waals surface area contributed by atoms with Crippen molar-refractivity contribution in [2.24, 2.45) is 7.05 Å². The number of nitrogens with one attached hydrogen (secondary N) is 1. The van der Waals surface area contributed by atoms with Gasteiger partial charge in [-0.25, -0.2) is 14.3 Å². The quantitative estimate of drug-likeness (QED) is 0.408. The Morgan fingerprint density at radius 2 is 1.81 bits per heavy atom. The Morgan fingerprint density at radius 1 is 1.05 bits per heavy atom. The largest absolute Gasteiger partial charge is 0.372 e. The molecule has 1 aliphatic rings. The molecule has 194 valence electrons. The minimum absolute atomic E-state index is 0.191. The number of halogens is 1. The standard InChI is InChI=1S/C31H38FN5/c1-7-24(5)36-13-15-37(16-14-36)28-9-10-31(35(6)21-28)34-27(8-2)19-26-17-22(3)29(20-30(26)32)25-11-12-33-23(4)18-25/h7-12,17-18,20-21H,13-16,19H2,1-6H3/p+1. The minimum atomic E-state index is -0.191. The van der Waals surface area contributed by atoms with E-state index in [-0.39, 0.29) is 5.82 Å². The van der Waals surface area contributed by atoms with Gasteiger partial charge in [0.2, 0.25) is 0 Å². The Labute approximate surface area is 221 Å². The van der Waals surface area contributed by atoms with Gasteiger partial charge in [-0.05, 0) is 87.2 Å². The van der Waals surface area contributed by atoms with Gasteiger partial charge in [0.25, 0.3) is 5.82 Å². The zero-order valence-electron chi connectivity index (χ0n) is 23.0. The van der Waals surface area contributed by atoms with Crippen LogP contribution in [-0.4, -0.2) is 36.1 Å². The minimum Gasteiger partial charge on any atom is -0.372 e. The predicted octanol–water partition coefficient (Wildman–Crippen LogP) is 5.93. The number of hydrogen-bond donors (Lipinski definition) is 1. The molecule has 0 amide bonds. The number of benzene rings is 1. The molecule has 0 saturated carbocycles. The van der Waals surface area contributed by atoms with Gasteiger partial charge in [-0.15, -0.1) is 0 Å². The molecule has 6 heteroatoms. The van der Waals surface area contributed by atoms with Crippen molar-refractivity contribution < 1.29 is 8.96 Å². The molecule has 1 saturated heterocycles. The van der Waals surface area contributed by atoms with Crippen LogP contribution in [0, 0.1) is 19.7 Å². The van der Waals surface area contributed by atoms with E-state index >= 15 is 4.39 Å². The molecule has 4 rings (SSSR count). The zero-order valence-corrected chi connectivity index (χ0v) is 23.0. The van der Waals surface area contributed by atoms with E-state index in [1.807, 2.05) is 45.0 Å². The van der Waals surface area contributed by atoms with Crippen LogP contribution in [0.5, 0.6) is 0 Å². The van der Waals surface area contributed by atoms with Gasteiger partial charge in [-0.3, -0.25) is 4.98 Å². The Balaban J connectivity index is 1.45. The maximum absolute atomic E-state index is 15.2. The topological polar surface area (TPSA) is 35.3 Å². The van der Waals surface area contributed by atoms with Crippen LogP contribution in [0.1, 0.15) is 37.6 Å². The first-order chi connectivity index (χ1) is 17.8. The molecule has 5 nitrogen and oxygen atoms in total. The summed E-state index contributed by atoms with van der Waals surface area (Å²) in [7, 11) is 2.05. The normalized spacial score (nSPS) is 14.8. The Hall–Kier alpha value is -3.67. The number of aryl methyl sites for hydroxylation is 3. The first-order valence-electron chi connectivity index (χ1n) is 13.1. The first kappa shape index (κ1) is 26.4. The predicted molar refractivity (Wildman–Crippen MR) is 151 cm³/mol. The van der Waals surface area contributed by atoms with Crippen molar-refractivity contribution in [3.05, 3.63) is 95.0 Å². The van der Waals surface area contributed by atoms with E-state index in [0.717, 1.165) is 60.1 Å². The number of aromatic nitrogens is 2. The lowest BCUT2D eigenvalue weighted by atomic mass is 9.96. The smallest absolute Gasteiger partial charge is 0.279 e. The molecule has 1 fully saturated rings. The molecule has 1 N–H and O–H groups in total. The van der Waals surface area contributed by atoms with Crippen molar-refractivity contribution >= 4 is 11.5 Å². The fourth-order valence-electron chi connectivity index (χ4n) is 4.90. The third-order valence-corrected chi connectivity index (χ3v) is 7.30. The van der Waals surface area contributed by atoms with Crippen LogP contribution in [0.3, 0.4) is 0 Å². The molecule has 3 heterocycles. The number of nitrogens with zero attached hydrogens (tertiary/aromatic N) is 4. The molecule has 0 atom stereocenters. The van der Waals surface area contributed by atoms with Crippen molar-refractivity contribution in [1.29, 1.82) is 0 Å². The molecule has 0 radical (unpaired) electrons. The second-order valence-corrected chi connectivity index (χ2v) is 9.85. The summed E-state index contributed by atoms with van der Waals surface area (Å²) in [6.45, 7) is 14.3. The highest BCUT2D eigenvalue weighted by Crippen LogP contribution is 2.28. The van der Waals surface area contributed by atoms with Crippen LogP contribution in [0.15, 0.2) is 72.3 Å². The third-order valence-electron chi connectivity index (χ3n) is 7.30. The second-order valence-electron chi connectivity index (χ2n) is 9.85. The summed E-state index contributed by atoms with van der Waals surface area (Å²) in [5.74, 6) is 0.782. The molecule has 0 spiro atoms. The van der Waals surface area contributed by atoms with Gasteiger partial charge < -0.3 is 9.80 Å². The van der Waals surface area contributed by atoms with Gasteiger partial charge in [0.15, 0.2) is 0 Å². The van der Waals surface area contributed by atoms with E-state index in [9.17, 15) is 0 Å². The molecule has 0 aliphatic carbocycles. The Bertz CT molecular complexity index is 1320. The van der Waals surface area contributed by atoms with Crippen LogP contribution >= 0.6 is 0 Å². The van der Waals surface area contributed by atoms with Gasteiger partial charge in [-0.2, -0.15) is 0 Å². The van der Waals surface area contributed by atoms with E-state index in [2.05, 4.69) is 70.0 Å². The van der Waals surface area contributed by atoms with Crippen molar-refractivity contribution in [3.63, 3.8) is 0 Å². The molecular formula is C31H39FN5+. The number of rotatable bonds is 7. The first-order valence-corrected chi connectivity index (χ1v) is 13.1. The van der Waals surface area contributed by atoms with Crippen molar-refractivity contribution in [2.45, 2.75) is 41.0 Å². The van der Waals surface area contributed by atoms with Crippen LogP contribution in [0.4, 0.5) is 15.9 Å². The molecule has 0 bridgehead atoms. The van der Waals surface area contributed by atoms with Crippen molar-refractivity contribution in [3.8, 4) is 11.1 Å². The van der Waals surface area contributed by atoms with Crippen LogP contribution in [0.2, 0.25) is 0 Å². The highest BCUT2D eigenvalue weighted by atomic mass is 19.1. The number of anilines is 2. The second kappa shape index (κ2) is 11.6. The summed E-state index contributed by atoms with van der Waals surface area (Å²) in [4.78, 5) is 9.13. The molecule has 2 aromatic heterocycles. The SMILES string of the molecule is CC=C(Cc1cc(C)c(-c2ccnc(C)c2)cc1F)Nc1ccc(N2CCN(C(C)=CC)CC2)c[n+]1C. The molecule has 1 aromatic carbocycles. The molecular weight excluding hydrogens is 461 g/mol. The molecule has 1 aliphatic heterocycles. The lowest BCUT2D eigenvalue weighted by molar-refractivity contribution is -0.656. The van der Waals surface area contributed by atoms with Gasteiger partial charge in [0, 0.05) is 56.3 Å². The van der Waals surface area contributed by atoms with Crippen LogP contribution in [-0.2, 0) is 13.5 Å². The van der Waals surface area contributed by atoms with Crippen LogP contribution in [0.25, 0.3) is 11.1 Å². The summed E-state index contributed by atoms with van der Waals surface area (Å²) in [6, 6.07) is 11.8. The van der Waals surface area contributed by atoms with Gasteiger partial charge in [0.1, 0.15) is 17.7 Å². The van der Waals surface area contributed by atoms with Gasteiger partial charge in [0.05, 0.1) is 12.7 Å². The van der Waals surface area contributed by atoms with E-state index in [4.69, 9.17) is 0 Å². The van der Waals surface area contributed by atoms with E-state index < -0.39 is 0 Å². The molecule has 3 aromatic rings.